The Hall–Kier alpha value is -3.82. The summed E-state index contributed by atoms with van der Waals surface area (Å²) in [5.41, 5.74) is 8.65. The fourth-order valence-corrected chi connectivity index (χ4v) is 6.50. The Balaban J connectivity index is 1.33. The summed E-state index contributed by atoms with van der Waals surface area (Å²) in [5, 5.41) is 22.3. The fraction of sp³-hybridized carbons (Fsp3) is 0.406. The van der Waals surface area contributed by atoms with Crippen molar-refractivity contribution in [2.24, 2.45) is 11.7 Å². The van der Waals surface area contributed by atoms with E-state index >= 15 is 0 Å². The third kappa shape index (κ3) is 6.26. The maximum absolute atomic E-state index is 15.0. The molecule has 0 bridgehead atoms. The molecule has 216 valence electrons. The van der Waals surface area contributed by atoms with Crippen molar-refractivity contribution in [2.75, 3.05) is 12.4 Å². The normalized spacial score (nSPS) is 25.7. The highest BCUT2D eigenvalue weighted by molar-refractivity contribution is 5.92. The number of carbonyl (C=O) groups is 2. The summed E-state index contributed by atoms with van der Waals surface area (Å²) in [6.07, 6.45) is 5.01. The number of carboxylic acid groups (broad SMARTS) is 1. The van der Waals surface area contributed by atoms with Crippen molar-refractivity contribution in [3.8, 4) is 22.3 Å². The molecular weight excluding hydrogens is 523 g/mol. The van der Waals surface area contributed by atoms with Gasteiger partial charge in [-0.25, -0.2) is 14.2 Å². The van der Waals surface area contributed by atoms with Gasteiger partial charge in [0.15, 0.2) is 0 Å². The summed E-state index contributed by atoms with van der Waals surface area (Å²) in [7, 11) is 1.59. The molecule has 3 aromatic rings. The van der Waals surface area contributed by atoms with Crippen molar-refractivity contribution in [1.82, 2.24) is 9.88 Å². The van der Waals surface area contributed by atoms with Crippen molar-refractivity contribution in [3.05, 3.63) is 72.2 Å². The highest BCUT2D eigenvalue weighted by Crippen LogP contribution is 2.46. The average Bonchev–Trinajstić information content (AvgIpc) is 2.92. The molecule has 8 nitrogen and oxygen atoms in total. The van der Waals surface area contributed by atoms with Crippen LogP contribution in [0.1, 0.15) is 57.4 Å². The highest BCUT2D eigenvalue weighted by Gasteiger charge is 2.49. The Morgan fingerprint density at radius 1 is 1.05 bits per heavy atom. The Morgan fingerprint density at radius 2 is 1.71 bits per heavy atom. The van der Waals surface area contributed by atoms with E-state index in [1.807, 2.05) is 24.3 Å². The van der Waals surface area contributed by atoms with E-state index < -0.39 is 17.2 Å². The number of anilines is 1. The molecule has 5 N–H and O–H groups in total. The highest BCUT2D eigenvalue weighted by atomic mass is 19.1. The largest absolute Gasteiger partial charge is 0.465 e. The number of hydrogen-bond donors (Lipinski definition) is 4. The average molecular weight is 561 g/mol. The second-order valence-electron chi connectivity index (χ2n) is 12.0. The zero-order chi connectivity index (χ0) is 29.4. The van der Waals surface area contributed by atoms with Gasteiger partial charge in [0, 0.05) is 42.4 Å². The first-order chi connectivity index (χ1) is 19.4. The number of aromatic nitrogens is 1. The Kier molecular flexibility index (Phi) is 7.85. The lowest BCUT2D eigenvalue weighted by atomic mass is 9.63. The maximum Gasteiger partial charge on any atom is 0.407 e. The Bertz CT molecular complexity index is 1430. The molecule has 41 heavy (non-hydrogen) atoms. The molecule has 0 aliphatic heterocycles. The van der Waals surface area contributed by atoms with Gasteiger partial charge in [0.2, 0.25) is 5.91 Å². The third-order valence-electron chi connectivity index (χ3n) is 8.64. The number of hydrogen-bond acceptors (Lipinski definition) is 5. The molecule has 1 aromatic heterocycles. The number of carbonyl (C=O) groups excluding carboxylic acids is 1. The number of nitrogens with two attached hydrogens (primary N) is 1. The lowest BCUT2D eigenvalue weighted by Gasteiger charge is -2.49. The number of halogens is 1. The van der Waals surface area contributed by atoms with Gasteiger partial charge in [-0.15, -0.1) is 0 Å². The smallest absolute Gasteiger partial charge is 0.407 e. The van der Waals surface area contributed by atoms with E-state index in [4.69, 9.17) is 5.73 Å². The van der Waals surface area contributed by atoms with E-state index in [1.54, 1.807) is 44.4 Å². The minimum Gasteiger partial charge on any atom is -0.465 e. The van der Waals surface area contributed by atoms with Gasteiger partial charge in [0.25, 0.3) is 0 Å². The lowest BCUT2D eigenvalue weighted by molar-refractivity contribution is -0.117. The molecule has 2 amide bonds. The Morgan fingerprint density at radius 3 is 2.32 bits per heavy atom. The molecule has 9 heteroatoms. The number of pyridine rings is 1. The standard InChI is InChI=1S/C32H37FN4O4/c1-31(41)18-32(34,19-31)22-11-9-21(10-12-22)26-17-35-28(16-25(26)24-5-3-4-6-27(24)33)36-29(38)15-20-7-13-23(14-8-20)37(2)30(39)40/h3-6,9-12,16-17,20,23,41H,7-8,13-15,18-19,34H2,1-2H3,(H,39,40)(H,35,36,38)/t20-,23-,31-,32-. The molecule has 2 fully saturated rings. The number of nitrogens with one attached hydrogen (secondary N) is 1. The second-order valence-corrected chi connectivity index (χ2v) is 12.0. The molecule has 0 unspecified atom stereocenters. The van der Waals surface area contributed by atoms with Crippen LogP contribution < -0.4 is 11.1 Å². The number of rotatable bonds is 7. The van der Waals surface area contributed by atoms with Crippen LogP contribution in [0.3, 0.4) is 0 Å². The van der Waals surface area contributed by atoms with Crippen molar-refractivity contribution < 1.29 is 24.2 Å². The van der Waals surface area contributed by atoms with Crippen LogP contribution in [0.5, 0.6) is 0 Å². The molecule has 2 aromatic carbocycles. The summed E-state index contributed by atoms with van der Waals surface area (Å²) in [4.78, 5) is 30.0. The van der Waals surface area contributed by atoms with Gasteiger partial charge < -0.3 is 26.2 Å². The van der Waals surface area contributed by atoms with Gasteiger partial charge in [-0.1, -0.05) is 42.5 Å². The molecule has 0 radical (unpaired) electrons. The van der Waals surface area contributed by atoms with Crippen LogP contribution >= 0.6 is 0 Å². The van der Waals surface area contributed by atoms with Crippen LogP contribution in [0.2, 0.25) is 0 Å². The first kappa shape index (κ1) is 28.7. The van der Waals surface area contributed by atoms with Crippen LogP contribution in [-0.4, -0.2) is 50.8 Å². The van der Waals surface area contributed by atoms with Crippen molar-refractivity contribution in [1.29, 1.82) is 0 Å². The molecule has 2 aliphatic carbocycles. The minimum absolute atomic E-state index is 0.0163. The molecule has 5 rings (SSSR count). The first-order valence-corrected chi connectivity index (χ1v) is 14.1. The van der Waals surface area contributed by atoms with E-state index in [0.717, 1.165) is 36.8 Å². The van der Waals surface area contributed by atoms with E-state index in [1.165, 1.54) is 11.0 Å². The predicted molar refractivity (Wildman–Crippen MR) is 156 cm³/mol. The topological polar surface area (TPSA) is 129 Å². The van der Waals surface area contributed by atoms with Gasteiger partial charge in [0.1, 0.15) is 11.6 Å². The van der Waals surface area contributed by atoms with Gasteiger partial charge in [0.05, 0.1) is 5.60 Å². The van der Waals surface area contributed by atoms with Crippen molar-refractivity contribution >= 4 is 17.8 Å². The molecule has 2 aliphatic rings. The molecule has 0 saturated heterocycles. The zero-order valence-corrected chi connectivity index (χ0v) is 23.4. The number of amides is 2. The van der Waals surface area contributed by atoms with E-state index in [2.05, 4.69) is 10.3 Å². The number of aliphatic hydroxyl groups is 1. The molecule has 0 spiro atoms. The van der Waals surface area contributed by atoms with Crippen LogP contribution in [0.25, 0.3) is 22.3 Å². The minimum atomic E-state index is -0.932. The predicted octanol–water partition coefficient (Wildman–Crippen LogP) is 5.75. The van der Waals surface area contributed by atoms with Crippen molar-refractivity contribution in [3.63, 3.8) is 0 Å². The molecule has 1 heterocycles. The van der Waals surface area contributed by atoms with E-state index in [0.29, 0.717) is 41.8 Å². The molecule has 2 saturated carbocycles. The summed E-state index contributed by atoms with van der Waals surface area (Å²) in [5.74, 6) is -0.0451. The molecule has 0 atom stereocenters. The second kappa shape index (κ2) is 11.2. The summed E-state index contributed by atoms with van der Waals surface area (Å²) >= 11 is 0. The summed E-state index contributed by atoms with van der Waals surface area (Å²) in [6.45, 7) is 1.78. The quantitative estimate of drug-likeness (QED) is 0.291. The van der Waals surface area contributed by atoms with Crippen LogP contribution in [0.4, 0.5) is 15.0 Å². The summed E-state index contributed by atoms with van der Waals surface area (Å²) in [6, 6.07) is 15.9. The van der Waals surface area contributed by atoms with E-state index in [-0.39, 0.29) is 23.7 Å². The fourth-order valence-electron chi connectivity index (χ4n) is 6.50. The van der Waals surface area contributed by atoms with Gasteiger partial charge in [-0.3, -0.25) is 4.79 Å². The first-order valence-electron chi connectivity index (χ1n) is 14.1. The Labute approximate surface area is 239 Å². The van der Waals surface area contributed by atoms with Crippen LogP contribution in [-0.2, 0) is 10.3 Å². The van der Waals surface area contributed by atoms with Crippen LogP contribution in [0.15, 0.2) is 60.8 Å². The number of benzene rings is 2. The van der Waals surface area contributed by atoms with Crippen molar-refractivity contribution in [2.45, 2.75) is 69.1 Å². The zero-order valence-electron chi connectivity index (χ0n) is 23.4. The van der Waals surface area contributed by atoms with Gasteiger partial charge in [-0.05, 0) is 80.2 Å². The van der Waals surface area contributed by atoms with Gasteiger partial charge >= 0.3 is 6.09 Å². The summed E-state index contributed by atoms with van der Waals surface area (Å²) < 4.78 is 15.0. The molecular formula is C32H37FN4O4. The monoisotopic (exact) mass is 560 g/mol. The third-order valence-corrected chi connectivity index (χ3v) is 8.64. The maximum atomic E-state index is 15.0. The lowest BCUT2D eigenvalue weighted by Crippen LogP contribution is -2.58. The van der Waals surface area contributed by atoms with Crippen LogP contribution in [0, 0.1) is 11.7 Å². The SMILES string of the molecule is CN(C(=O)O)[C@H]1CC[C@H](CC(=O)Nc2cc(-c3ccccc3F)c(-c3ccc([C@]4(N)C[C@](C)(O)C4)cc3)cn2)CC1. The number of nitrogens with zero attached hydrogens (tertiary/aromatic N) is 2. The van der Waals surface area contributed by atoms with Gasteiger partial charge in [-0.2, -0.15) is 0 Å². The van der Waals surface area contributed by atoms with E-state index in [9.17, 15) is 24.2 Å².